The predicted octanol–water partition coefficient (Wildman–Crippen LogP) is 3.33. The molecule has 37 heavy (non-hydrogen) atoms. The van der Waals surface area contributed by atoms with Crippen LogP contribution >= 0.6 is 0 Å². The molecule has 0 radical (unpaired) electrons. The van der Waals surface area contributed by atoms with Gasteiger partial charge in [-0.2, -0.15) is 4.72 Å². The number of para-hydroxylation sites is 2. The number of amides is 2. The highest BCUT2D eigenvalue weighted by Gasteiger charge is 2.26. The Hall–Kier alpha value is -3.44. The molecule has 0 unspecified atom stereocenters. The zero-order valence-electron chi connectivity index (χ0n) is 21.4. The summed E-state index contributed by atoms with van der Waals surface area (Å²) in [5.41, 5.74) is 7.84. The predicted molar refractivity (Wildman–Crippen MR) is 142 cm³/mol. The molecule has 11 heteroatoms. The van der Waals surface area contributed by atoms with Gasteiger partial charge in [0.15, 0.2) is 0 Å². The van der Waals surface area contributed by atoms with Gasteiger partial charge in [-0.25, -0.2) is 18.2 Å². The number of urea groups is 1. The lowest BCUT2D eigenvalue weighted by Crippen LogP contribution is -2.41. The number of fused-ring (bicyclic) bond motifs is 1. The highest BCUT2D eigenvalue weighted by molar-refractivity contribution is 7.89. The van der Waals surface area contributed by atoms with E-state index in [1.54, 1.807) is 17.0 Å². The maximum absolute atomic E-state index is 12.6. The first kappa shape index (κ1) is 28.1. The number of benzene rings is 2. The molecule has 10 nitrogen and oxygen atoms in total. The van der Waals surface area contributed by atoms with Gasteiger partial charge >= 0.3 is 12.0 Å². The molecule has 200 valence electrons. The van der Waals surface area contributed by atoms with Crippen LogP contribution in [0.15, 0.2) is 53.4 Å². The largest absolute Gasteiger partial charge is 0.480 e. The molecular formula is C26H35N5O5S. The normalized spacial score (nSPS) is 14.4. The number of nitrogens with two attached hydrogens (primary N) is 1. The van der Waals surface area contributed by atoms with Crippen LogP contribution in [0.2, 0.25) is 0 Å². The number of imidazole rings is 1. The molecule has 4 N–H and O–H groups in total. The van der Waals surface area contributed by atoms with Crippen molar-refractivity contribution < 1.29 is 23.1 Å². The number of carbonyl (C=O) groups excluding carboxylic acids is 1. The van der Waals surface area contributed by atoms with Crippen LogP contribution in [0.3, 0.4) is 0 Å². The lowest BCUT2D eigenvalue weighted by atomic mass is 10.1. The third-order valence-electron chi connectivity index (χ3n) is 6.14. The Bertz CT molecular complexity index is 1330. The van der Waals surface area contributed by atoms with Gasteiger partial charge in [0.25, 0.3) is 0 Å². The summed E-state index contributed by atoms with van der Waals surface area (Å²) in [6.45, 7) is 7.90. The van der Waals surface area contributed by atoms with Crippen LogP contribution in [0.5, 0.6) is 0 Å². The second kappa shape index (κ2) is 12.2. The second-order valence-corrected chi connectivity index (χ2v) is 11.3. The minimum Gasteiger partial charge on any atom is -0.480 e. The van der Waals surface area contributed by atoms with Crippen molar-refractivity contribution in [3.8, 4) is 0 Å². The summed E-state index contributed by atoms with van der Waals surface area (Å²) in [5, 5.41) is 9.30. The smallest absolute Gasteiger partial charge is 0.321 e. The number of aliphatic carboxylic acids is 1. The first-order valence-corrected chi connectivity index (χ1v) is 13.8. The SMILES string of the molecule is Cc1nc2ccccc2n1Cc1ccc(S(=O)(=O)N[C@@H](CC(C)C)C(=O)O)cc1.NC(=O)N1CCCC1. The standard InChI is InChI=1S/C21H25N3O4S.C5H10N2O/c1-14(2)12-19(21(25)26)23-29(27,28)17-10-8-16(9-11-17)13-24-15(3)22-18-6-4-5-7-20(18)24;6-5(8)7-3-1-2-4-7/h4-11,14,19,23H,12-13H2,1-3H3,(H,25,26);1-4H2,(H2,6,8)/t19-;/m0./s1. The van der Waals surface area contributed by atoms with E-state index in [2.05, 4.69) is 14.3 Å². The quantitative estimate of drug-likeness (QED) is 0.408. The first-order chi connectivity index (χ1) is 17.5. The number of nitrogens with one attached hydrogen (secondary N) is 1. The van der Waals surface area contributed by atoms with Gasteiger partial charge in [-0.05, 0) is 61.9 Å². The highest BCUT2D eigenvalue weighted by Crippen LogP contribution is 2.19. The Morgan fingerprint density at radius 1 is 1.08 bits per heavy atom. The Kier molecular flexibility index (Phi) is 9.28. The van der Waals surface area contributed by atoms with Gasteiger partial charge < -0.3 is 20.3 Å². The number of carbonyl (C=O) groups is 2. The van der Waals surface area contributed by atoms with Crippen LogP contribution < -0.4 is 10.5 Å². The fourth-order valence-corrected chi connectivity index (χ4v) is 5.42. The Morgan fingerprint density at radius 3 is 2.24 bits per heavy atom. The number of carboxylic acid groups (broad SMARTS) is 1. The van der Waals surface area contributed by atoms with Crippen molar-refractivity contribution in [2.45, 2.75) is 57.5 Å². The van der Waals surface area contributed by atoms with E-state index in [1.165, 1.54) is 12.1 Å². The number of likely N-dealkylation sites (tertiary alicyclic amines) is 1. The molecule has 0 spiro atoms. The van der Waals surface area contributed by atoms with Gasteiger partial charge in [0.2, 0.25) is 10.0 Å². The number of rotatable bonds is 8. The summed E-state index contributed by atoms with van der Waals surface area (Å²) in [6, 6.07) is 12.9. The van der Waals surface area contributed by atoms with E-state index in [-0.39, 0.29) is 23.3 Å². The number of aromatic nitrogens is 2. The highest BCUT2D eigenvalue weighted by atomic mass is 32.2. The number of sulfonamides is 1. The van der Waals surface area contributed by atoms with E-state index >= 15 is 0 Å². The number of aryl methyl sites for hydroxylation is 1. The van der Waals surface area contributed by atoms with E-state index in [1.807, 2.05) is 45.0 Å². The van der Waals surface area contributed by atoms with Crippen molar-refractivity contribution in [2.75, 3.05) is 13.1 Å². The second-order valence-electron chi connectivity index (χ2n) is 9.55. The molecule has 0 bridgehead atoms. The first-order valence-electron chi connectivity index (χ1n) is 12.3. The van der Waals surface area contributed by atoms with Gasteiger partial charge in [-0.3, -0.25) is 4.79 Å². The fraction of sp³-hybridized carbons (Fsp3) is 0.423. The molecule has 0 aliphatic carbocycles. The maximum Gasteiger partial charge on any atom is 0.321 e. The van der Waals surface area contributed by atoms with Crippen LogP contribution in [0.4, 0.5) is 4.79 Å². The Balaban J connectivity index is 0.000000405. The molecule has 1 aliphatic heterocycles. The van der Waals surface area contributed by atoms with Crippen LogP contribution in [-0.4, -0.2) is 59.1 Å². The van der Waals surface area contributed by atoms with Crippen LogP contribution in [0.25, 0.3) is 11.0 Å². The van der Waals surface area contributed by atoms with Crippen molar-refractivity contribution in [2.24, 2.45) is 11.7 Å². The van der Waals surface area contributed by atoms with Crippen LogP contribution in [-0.2, 0) is 21.4 Å². The number of carboxylic acids is 1. The zero-order valence-corrected chi connectivity index (χ0v) is 22.2. The van der Waals surface area contributed by atoms with Gasteiger partial charge in [0, 0.05) is 19.6 Å². The third kappa shape index (κ3) is 7.53. The average molecular weight is 530 g/mol. The van der Waals surface area contributed by atoms with E-state index in [9.17, 15) is 23.1 Å². The number of hydrogen-bond donors (Lipinski definition) is 3. The molecular weight excluding hydrogens is 494 g/mol. The molecule has 1 fully saturated rings. The van der Waals surface area contributed by atoms with Crippen molar-refractivity contribution in [1.82, 2.24) is 19.2 Å². The van der Waals surface area contributed by atoms with Crippen molar-refractivity contribution in [3.63, 3.8) is 0 Å². The number of hydrogen-bond acceptors (Lipinski definition) is 5. The lowest BCUT2D eigenvalue weighted by Gasteiger charge is -2.17. The molecule has 2 heterocycles. The zero-order chi connectivity index (χ0) is 27.2. The minimum absolute atomic E-state index is 0.0449. The summed E-state index contributed by atoms with van der Waals surface area (Å²) in [4.78, 5) is 28.0. The lowest BCUT2D eigenvalue weighted by molar-refractivity contribution is -0.139. The molecule has 2 amide bonds. The van der Waals surface area contributed by atoms with Gasteiger partial charge in [0.05, 0.1) is 15.9 Å². The van der Waals surface area contributed by atoms with Crippen LogP contribution in [0, 0.1) is 12.8 Å². The average Bonchev–Trinajstić information content (AvgIpc) is 3.48. The molecule has 4 rings (SSSR count). The van der Waals surface area contributed by atoms with E-state index in [0.717, 1.165) is 48.4 Å². The minimum atomic E-state index is -3.92. The van der Waals surface area contributed by atoms with Crippen molar-refractivity contribution in [1.29, 1.82) is 0 Å². The van der Waals surface area contributed by atoms with Gasteiger partial charge in [-0.1, -0.05) is 38.1 Å². The van der Waals surface area contributed by atoms with E-state index in [0.29, 0.717) is 6.54 Å². The van der Waals surface area contributed by atoms with Crippen molar-refractivity contribution >= 4 is 33.1 Å². The summed E-state index contributed by atoms with van der Waals surface area (Å²) in [7, 11) is -3.92. The van der Waals surface area contributed by atoms with Crippen molar-refractivity contribution in [3.05, 3.63) is 59.9 Å². The third-order valence-corrected chi connectivity index (χ3v) is 7.63. The summed E-state index contributed by atoms with van der Waals surface area (Å²) in [6.07, 6.45) is 2.45. The summed E-state index contributed by atoms with van der Waals surface area (Å²) in [5.74, 6) is -0.252. The molecule has 1 aliphatic rings. The van der Waals surface area contributed by atoms with E-state index in [4.69, 9.17) is 5.73 Å². The Labute approximate surface area is 217 Å². The van der Waals surface area contributed by atoms with Gasteiger partial charge in [0.1, 0.15) is 11.9 Å². The molecule has 2 aromatic carbocycles. The van der Waals surface area contributed by atoms with E-state index < -0.39 is 22.0 Å². The number of primary amides is 1. The van der Waals surface area contributed by atoms with Crippen LogP contribution in [0.1, 0.15) is 44.5 Å². The fourth-order valence-electron chi connectivity index (χ4n) is 4.22. The van der Waals surface area contributed by atoms with Gasteiger partial charge in [-0.15, -0.1) is 0 Å². The monoisotopic (exact) mass is 529 g/mol. The molecule has 1 aromatic heterocycles. The topological polar surface area (TPSA) is 148 Å². The molecule has 0 saturated carbocycles. The summed E-state index contributed by atoms with van der Waals surface area (Å²) >= 11 is 0. The molecule has 1 saturated heterocycles. The summed E-state index contributed by atoms with van der Waals surface area (Å²) < 4.78 is 29.6. The maximum atomic E-state index is 12.6. The molecule has 3 aromatic rings. The number of nitrogens with zero attached hydrogens (tertiary/aromatic N) is 3. The molecule has 1 atom stereocenters. The Morgan fingerprint density at radius 2 is 1.70 bits per heavy atom.